The second kappa shape index (κ2) is 15.6. The molecule has 0 bridgehead atoms. The Balaban J connectivity index is 1.14. The molecule has 0 aromatic heterocycles. The Labute approximate surface area is 396 Å². The summed E-state index contributed by atoms with van der Waals surface area (Å²) in [6.45, 7) is 0. The Morgan fingerprint density at radius 1 is 0.250 bits per heavy atom. The van der Waals surface area contributed by atoms with Crippen LogP contribution in [0.25, 0.3) is 76.1 Å². The zero-order chi connectivity index (χ0) is 44.7. The number of para-hydroxylation sites is 4. The van der Waals surface area contributed by atoms with Gasteiger partial charge in [-0.3, -0.25) is 0 Å². The van der Waals surface area contributed by atoms with E-state index in [1.165, 1.54) is 121 Å². The van der Waals surface area contributed by atoms with Crippen LogP contribution < -0.4 is 9.80 Å². The molecule has 0 spiro atoms. The van der Waals surface area contributed by atoms with Crippen LogP contribution in [0.2, 0.25) is 0 Å². The molecule has 2 aliphatic rings. The SMILES string of the molecule is c1ccc2c(c1)CCc1ccccc1N2c1ccc2c(-c3cc4ccccc4c4ccccc34)c3cc(N4c5ccccc5CCc5ccccc54)ccc3c(-c3ccc4ccccc4c3)c2c1. The van der Waals surface area contributed by atoms with Crippen molar-refractivity contribution in [2.45, 2.75) is 25.7 Å². The summed E-state index contributed by atoms with van der Waals surface area (Å²) in [5, 5.41) is 12.4. The van der Waals surface area contributed by atoms with Gasteiger partial charge in [0, 0.05) is 34.1 Å². The molecule has 0 N–H and O–H groups in total. The molecule has 14 rings (SSSR count). The van der Waals surface area contributed by atoms with Gasteiger partial charge < -0.3 is 9.80 Å². The number of rotatable bonds is 4. The minimum absolute atomic E-state index is 0.997. The van der Waals surface area contributed by atoms with Crippen molar-refractivity contribution >= 4 is 88.0 Å². The molecule has 2 heterocycles. The van der Waals surface area contributed by atoms with Crippen LogP contribution in [0.1, 0.15) is 22.3 Å². The molecule has 12 aromatic rings. The number of benzene rings is 12. The second-order valence-electron chi connectivity index (χ2n) is 18.6. The smallest absolute Gasteiger partial charge is 0.0493 e. The predicted octanol–water partition coefficient (Wildman–Crippen LogP) is 17.9. The fraction of sp³-hybridized carbons (Fsp3) is 0.0606. The quantitative estimate of drug-likeness (QED) is 0.128. The van der Waals surface area contributed by atoms with Crippen LogP contribution in [0.3, 0.4) is 0 Å². The monoisotopic (exact) mass is 866 g/mol. The van der Waals surface area contributed by atoms with Crippen LogP contribution in [-0.2, 0) is 25.7 Å². The van der Waals surface area contributed by atoms with Crippen LogP contribution in [0.5, 0.6) is 0 Å². The maximum atomic E-state index is 2.52. The van der Waals surface area contributed by atoms with Gasteiger partial charge in [-0.2, -0.15) is 0 Å². The average Bonchev–Trinajstić information content (AvgIpc) is 3.68. The van der Waals surface area contributed by atoms with Gasteiger partial charge >= 0.3 is 0 Å². The maximum absolute atomic E-state index is 2.52. The lowest BCUT2D eigenvalue weighted by Gasteiger charge is -2.29. The number of hydrogen-bond donors (Lipinski definition) is 0. The van der Waals surface area contributed by atoms with Crippen molar-refractivity contribution < 1.29 is 0 Å². The van der Waals surface area contributed by atoms with Crippen molar-refractivity contribution in [3.05, 3.63) is 253 Å². The molecule has 12 aromatic carbocycles. The van der Waals surface area contributed by atoms with E-state index in [1.54, 1.807) is 0 Å². The van der Waals surface area contributed by atoms with E-state index in [4.69, 9.17) is 0 Å². The number of hydrogen-bond acceptors (Lipinski definition) is 2. The van der Waals surface area contributed by atoms with E-state index < -0.39 is 0 Å². The average molecular weight is 867 g/mol. The molecule has 2 aliphatic heterocycles. The van der Waals surface area contributed by atoms with Crippen LogP contribution in [0.4, 0.5) is 34.1 Å². The van der Waals surface area contributed by atoms with Crippen LogP contribution >= 0.6 is 0 Å². The second-order valence-corrected chi connectivity index (χ2v) is 18.6. The number of aryl methyl sites for hydroxylation is 4. The van der Waals surface area contributed by atoms with Gasteiger partial charge in [0.05, 0.1) is 0 Å². The first-order valence-electron chi connectivity index (χ1n) is 24.1. The molecule has 68 heavy (non-hydrogen) atoms. The fourth-order valence-corrected chi connectivity index (χ4v) is 11.8. The highest BCUT2D eigenvalue weighted by atomic mass is 15.2. The lowest BCUT2D eigenvalue weighted by Crippen LogP contribution is -2.12. The maximum Gasteiger partial charge on any atom is 0.0493 e. The van der Waals surface area contributed by atoms with Gasteiger partial charge in [-0.15, -0.1) is 0 Å². The highest BCUT2D eigenvalue weighted by molar-refractivity contribution is 6.27. The standard InChI is InChI=1S/C66H46N2/c1-2-20-48-39-50(34-29-43(48)15-1)65-56-37-35-52(68-63-27-13-6-18-46(63)32-33-47-19-7-14-28-64(47)68)42-60(56)66(58-40-49-21-3-8-22-53(49)54-23-9-10-24-55(54)58)57-38-36-51(41-59(57)65)67-61-25-11-4-16-44(61)30-31-45-17-5-12-26-62(45)67/h1-29,34-42H,30-33H2. The van der Waals surface area contributed by atoms with Crippen LogP contribution in [-0.4, -0.2) is 0 Å². The molecule has 0 saturated heterocycles. The molecule has 0 radical (unpaired) electrons. The Hall–Kier alpha value is -8.46. The normalized spacial score (nSPS) is 13.3. The number of anilines is 6. The van der Waals surface area contributed by atoms with E-state index in [0.717, 1.165) is 37.1 Å². The van der Waals surface area contributed by atoms with E-state index in [-0.39, 0.29) is 0 Å². The topological polar surface area (TPSA) is 6.48 Å². The molecule has 2 nitrogen and oxygen atoms in total. The number of fused-ring (bicyclic) bond motifs is 10. The first-order valence-corrected chi connectivity index (χ1v) is 24.1. The van der Waals surface area contributed by atoms with Crippen molar-refractivity contribution in [2.24, 2.45) is 0 Å². The third-order valence-corrected chi connectivity index (χ3v) is 14.9. The number of nitrogens with zero attached hydrogens (tertiary/aromatic N) is 2. The molecule has 0 aliphatic carbocycles. The molecule has 0 atom stereocenters. The van der Waals surface area contributed by atoms with E-state index >= 15 is 0 Å². The van der Waals surface area contributed by atoms with Crippen molar-refractivity contribution in [3.8, 4) is 22.3 Å². The van der Waals surface area contributed by atoms with Crippen molar-refractivity contribution in [3.63, 3.8) is 0 Å². The van der Waals surface area contributed by atoms with Gasteiger partial charge in [-0.1, -0.05) is 170 Å². The Morgan fingerprint density at radius 2 is 0.676 bits per heavy atom. The van der Waals surface area contributed by atoms with E-state index in [1.807, 2.05) is 0 Å². The molecule has 0 unspecified atom stereocenters. The third-order valence-electron chi connectivity index (χ3n) is 14.9. The lowest BCUT2D eigenvalue weighted by molar-refractivity contribution is 0.977. The summed E-state index contributed by atoms with van der Waals surface area (Å²) in [6, 6.07) is 86.8. The van der Waals surface area contributed by atoms with Crippen LogP contribution in [0.15, 0.2) is 231 Å². The summed E-state index contributed by atoms with van der Waals surface area (Å²) < 4.78 is 0. The van der Waals surface area contributed by atoms with E-state index in [9.17, 15) is 0 Å². The molecule has 320 valence electrons. The Bertz CT molecular complexity index is 3920. The first kappa shape index (κ1) is 38.8. The molecule has 0 fully saturated rings. The minimum Gasteiger partial charge on any atom is -0.310 e. The molecule has 0 amide bonds. The molecule has 0 saturated carbocycles. The molecule has 2 heteroatoms. The van der Waals surface area contributed by atoms with Crippen LogP contribution in [0, 0.1) is 0 Å². The fourth-order valence-electron chi connectivity index (χ4n) is 11.8. The van der Waals surface area contributed by atoms with Crippen molar-refractivity contribution in [1.82, 2.24) is 0 Å². The minimum atomic E-state index is 0.997. The first-order chi connectivity index (χ1) is 33.7. The van der Waals surface area contributed by atoms with Gasteiger partial charge in [0.1, 0.15) is 0 Å². The largest absolute Gasteiger partial charge is 0.310 e. The Kier molecular flexibility index (Phi) is 8.88. The highest BCUT2D eigenvalue weighted by Gasteiger charge is 2.27. The molecular weight excluding hydrogens is 821 g/mol. The summed E-state index contributed by atoms with van der Waals surface area (Å²) in [7, 11) is 0. The zero-order valence-corrected chi connectivity index (χ0v) is 37.7. The van der Waals surface area contributed by atoms with Gasteiger partial charge in [-0.25, -0.2) is 0 Å². The summed E-state index contributed by atoms with van der Waals surface area (Å²) in [5.74, 6) is 0. The van der Waals surface area contributed by atoms with Gasteiger partial charge in [-0.05, 0) is 185 Å². The van der Waals surface area contributed by atoms with Gasteiger partial charge in [0.2, 0.25) is 0 Å². The summed E-state index contributed by atoms with van der Waals surface area (Å²) in [6.07, 6.45) is 3.99. The summed E-state index contributed by atoms with van der Waals surface area (Å²) in [5.41, 5.74) is 17.7. The van der Waals surface area contributed by atoms with E-state index in [2.05, 4.69) is 240 Å². The third kappa shape index (κ3) is 6.11. The molecular formula is C66H46N2. The summed E-state index contributed by atoms with van der Waals surface area (Å²) >= 11 is 0. The van der Waals surface area contributed by atoms with Crippen molar-refractivity contribution in [2.75, 3.05) is 9.80 Å². The van der Waals surface area contributed by atoms with E-state index in [0.29, 0.717) is 0 Å². The Morgan fingerprint density at radius 3 is 1.24 bits per heavy atom. The zero-order valence-electron chi connectivity index (χ0n) is 37.7. The van der Waals surface area contributed by atoms with Crippen molar-refractivity contribution in [1.29, 1.82) is 0 Å². The highest BCUT2D eigenvalue weighted by Crippen LogP contribution is 2.52. The lowest BCUT2D eigenvalue weighted by atomic mass is 9.83. The predicted molar refractivity (Wildman–Crippen MR) is 289 cm³/mol. The summed E-state index contributed by atoms with van der Waals surface area (Å²) in [4.78, 5) is 5.05. The van der Waals surface area contributed by atoms with Gasteiger partial charge in [0.15, 0.2) is 0 Å². The van der Waals surface area contributed by atoms with Gasteiger partial charge in [0.25, 0.3) is 0 Å².